The van der Waals surface area contributed by atoms with Gasteiger partial charge in [0.2, 0.25) is 0 Å². The fourth-order valence-corrected chi connectivity index (χ4v) is 5.05. The summed E-state index contributed by atoms with van der Waals surface area (Å²) in [7, 11) is 0. The lowest BCUT2D eigenvalue weighted by Crippen LogP contribution is -2.59. The van der Waals surface area contributed by atoms with Crippen LogP contribution in [0.5, 0.6) is 0 Å². The highest BCUT2D eigenvalue weighted by Gasteiger charge is 2.57. The lowest BCUT2D eigenvalue weighted by atomic mass is 9.79. The summed E-state index contributed by atoms with van der Waals surface area (Å²) in [4.78, 5) is 24.2. The van der Waals surface area contributed by atoms with Crippen molar-refractivity contribution in [1.82, 2.24) is 0 Å². The van der Waals surface area contributed by atoms with Crippen molar-refractivity contribution in [3.63, 3.8) is 0 Å². The zero-order valence-corrected chi connectivity index (χ0v) is 20.1. The Hall–Kier alpha value is -3.52. The molecule has 0 unspecified atom stereocenters. The molecule has 2 heterocycles. The van der Waals surface area contributed by atoms with Gasteiger partial charge in [-0.15, -0.1) is 0 Å². The predicted molar refractivity (Wildman–Crippen MR) is 130 cm³/mol. The average Bonchev–Trinajstić information content (AvgIpc) is 3.34. The van der Waals surface area contributed by atoms with Gasteiger partial charge >= 0.3 is 11.9 Å². The van der Waals surface area contributed by atoms with Gasteiger partial charge in [0.05, 0.1) is 6.61 Å². The Balaban J connectivity index is 1.69. The van der Waals surface area contributed by atoms with Crippen LogP contribution in [0.15, 0.2) is 91.0 Å². The number of benzene rings is 3. The van der Waals surface area contributed by atoms with E-state index < -0.39 is 48.2 Å². The van der Waals surface area contributed by atoms with Crippen LogP contribution in [0.25, 0.3) is 0 Å². The number of fused-ring (bicyclic) bond motifs is 2. The Morgan fingerprint density at radius 3 is 1.58 bits per heavy atom. The molecule has 2 bridgehead atoms. The number of carbonyl (C=O) groups excluding carboxylic acids is 2. The molecule has 0 aliphatic carbocycles. The fourth-order valence-electron chi connectivity index (χ4n) is 5.05. The van der Waals surface area contributed by atoms with Gasteiger partial charge in [-0.3, -0.25) is 9.59 Å². The fraction of sp³-hybridized carbons (Fsp3) is 0.310. The van der Waals surface area contributed by atoms with Crippen molar-refractivity contribution in [1.29, 1.82) is 0 Å². The molecule has 2 saturated heterocycles. The molecule has 5 atom stereocenters. The monoisotopic (exact) mass is 488 g/mol. The first-order valence-corrected chi connectivity index (χ1v) is 11.9. The molecule has 0 radical (unpaired) electrons. The molecule has 2 aliphatic rings. The van der Waals surface area contributed by atoms with Crippen molar-refractivity contribution >= 4 is 11.9 Å². The Kier molecular flexibility index (Phi) is 6.87. The predicted octanol–water partition coefficient (Wildman–Crippen LogP) is 3.98. The number of carbonyl (C=O) groups is 2. The third-order valence-corrected chi connectivity index (χ3v) is 6.47. The van der Waals surface area contributed by atoms with Gasteiger partial charge in [0, 0.05) is 13.8 Å². The molecule has 2 aliphatic heterocycles. The summed E-state index contributed by atoms with van der Waals surface area (Å²) in [5.74, 6) is -1.05. The highest BCUT2D eigenvalue weighted by atomic mass is 16.8. The summed E-state index contributed by atoms with van der Waals surface area (Å²) in [5.41, 5.74) is 1.56. The van der Waals surface area contributed by atoms with Crippen molar-refractivity contribution in [2.75, 3.05) is 6.61 Å². The van der Waals surface area contributed by atoms with Gasteiger partial charge in [-0.25, -0.2) is 0 Å². The molecule has 0 N–H and O–H groups in total. The van der Waals surface area contributed by atoms with Crippen molar-refractivity contribution in [2.45, 2.75) is 50.2 Å². The molecule has 7 heteroatoms. The van der Waals surface area contributed by atoms with E-state index in [1.807, 2.05) is 91.0 Å². The molecule has 0 amide bonds. The van der Waals surface area contributed by atoms with E-state index in [-0.39, 0.29) is 6.61 Å². The third-order valence-electron chi connectivity index (χ3n) is 6.47. The van der Waals surface area contributed by atoms with Crippen molar-refractivity contribution < 1.29 is 33.3 Å². The van der Waals surface area contributed by atoms with Gasteiger partial charge in [-0.2, -0.15) is 0 Å². The van der Waals surface area contributed by atoms with Gasteiger partial charge in [0.15, 0.2) is 18.5 Å². The van der Waals surface area contributed by atoms with Gasteiger partial charge in [0.1, 0.15) is 17.8 Å². The highest BCUT2D eigenvalue weighted by Crippen LogP contribution is 2.45. The molecule has 3 aromatic rings. The van der Waals surface area contributed by atoms with Crippen LogP contribution in [0.1, 0.15) is 30.5 Å². The molecule has 5 rings (SSSR count). The van der Waals surface area contributed by atoms with Crippen LogP contribution in [0, 0.1) is 0 Å². The van der Waals surface area contributed by atoms with E-state index in [4.69, 9.17) is 23.7 Å². The zero-order valence-electron chi connectivity index (χ0n) is 20.1. The molecule has 7 nitrogen and oxygen atoms in total. The van der Waals surface area contributed by atoms with E-state index in [2.05, 4.69) is 0 Å². The minimum atomic E-state index is -1.09. The van der Waals surface area contributed by atoms with Crippen LogP contribution in [0.2, 0.25) is 0 Å². The number of esters is 2. The molecule has 3 aromatic carbocycles. The van der Waals surface area contributed by atoms with Crippen LogP contribution < -0.4 is 0 Å². The number of rotatable bonds is 7. The van der Waals surface area contributed by atoms with Crippen LogP contribution in [-0.2, 0) is 38.9 Å². The number of hydrogen-bond acceptors (Lipinski definition) is 7. The largest absolute Gasteiger partial charge is 0.455 e. The molecule has 0 spiro atoms. The molecule has 2 fully saturated rings. The number of ether oxygens (including phenoxy) is 5. The first-order chi connectivity index (χ1) is 17.5. The van der Waals surface area contributed by atoms with Crippen molar-refractivity contribution in [3.05, 3.63) is 108 Å². The highest BCUT2D eigenvalue weighted by molar-refractivity contribution is 5.67. The standard InChI is InChI=1S/C29H28O7/c1-19(30)33-26-25(24-18-32-28(35-24)27(26)34-20(2)31)36-29(21-12-6-3-7-13-21,22-14-8-4-9-15-22)23-16-10-5-11-17-23/h3-17,24-28H,18H2,1-2H3/t24-,25-,26+,27-,28-/m1/s1. The van der Waals surface area contributed by atoms with Gasteiger partial charge < -0.3 is 23.7 Å². The second-order valence-electron chi connectivity index (χ2n) is 8.89. The smallest absolute Gasteiger partial charge is 0.303 e. The maximum absolute atomic E-state index is 12.2. The Labute approximate surface area is 209 Å². The van der Waals surface area contributed by atoms with Crippen molar-refractivity contribution in [3.8, 4) is 0 Å². The summed E-state index contributed by atoms with van der Waals surface area (Å²) in [6.07, 6.45) is -4.11. The summed E-state index contributed by atoms with van der Waals surface area (Å²) < 4.78 is 30.3. The van der Waals surface area contributed by atoms with E-state index in [1.54, 1.807) is 0 Å². The molecule has 186 valence electrons. The SMILES string of the molecule is CC(=O)O[C@@H]1[C@@H](OC(C)=O)[C@@H]2OC[C@@H](O2)[C@H]1OC(c1ccccc1)(c1ccccc1)c1ccccc1. The lowest BCUT2D eigenvalue weighted by molar-refractivity contribution is -0.264. The van der Waals surface area contributed by atoms with Gasteiger partial charge in [-0.05, 0) is 16.7 Å². The summed E-state index contributed by atoms with van der Waals surface area (Å²) in [6.45, 7) is 2.82. The first-order valence-electron chi connectivity index (χ1n) is 11.9. The summed E-state index contributed by atoms with van der Waals surface area (Å²) >= 11 is 0. The van der Waals surface area contributed by atoms with Gasteiger partial charge in [0.25, 0.3) is 0 Å². The molecule has 0 aromatic heterocycles. The minimum Gasteiger partial charge on any atom is -0.455 e. The maximum Gasteiger partial charge on any atom is 0.303 e. The van der Waals surface area contributed by atoms with Crippen LogP contribution in [0.3, 0.4) is 0 Å². The quantitative estimate of drug-likeness (QED) is 0.368. The van der Waals surface area contributed by atoms with Crippen molar-refractivity contribution in [2.24, 2.45) is 0 Å². The van der Waals surface area contributed by atoms with E-state index in [1.165, 1.54) is 13.8 Å². The minimum absolute atomic E-state index is 0.208. The topological polar surface area (TPSA) is 80.3 Å². The van der Waals surface area contributed by atoms with Crippen LogP contribution >= 0.6 is 0 Å². The summed E-state index contributed by atoms with van der Waals surface area (Å²) in [6, 6.07) is 29.6. The van der Waals surface area contributed by atoms with Gasteiger partial charge in [-0.1, -0.05) is 91.0 Å². The molecular weight excluding hydrogens is 460 g/mol. The van der Waals surface area contributed by atoms with E-state index in [0.717, 1.165) is 16.7 Å². The normalized spacial score (nSPS) is 25.2. The second kappa shape index (κ2) is 10.2. The molecular formula is C29H28O7. The Morgan fingerprint density at radius 2 is 1.14 bits per heavy atom. The van der Waals surface area contributed by atoms with E-state index in [0.29, 0.717) is 0 Å². The third kappa shape index (κ3) is 4.53. The van der Waals surface area contributed by atoms with Crippen LogP contribution in [-0.4, -0.2) is 49.3 Å². The van der Waals surface area contributed by atoms with Crippen LogP contribution in [0.4, 0.5) is 0 Å². The van der Waals surface area contributed by atoms with E-state index in [9.17, 15) is 9.59 Å². The Morgan fingerprint density at radius 1 is 0.694 bits per heavy atom. The molecule has 0 saturated carbocycles. The summed E-state index contributed by atoms with van der Waals surface area (Å²) in [5, 5.41) is 0. The maximum atomic E-state index is 12.2. The average molecular weight is 489 g/mol. The zero-order chi connectivity index (χ0) is 25.1. The van der Waals surface area contributed by atoms with E-state index >= 15 is 0 Å². The Bertz CT molecular complexity index is 1090. The lowest BCUT2D eigenvalue weighted by Gasteiger charge is -2.45. The molecule has 36 heavy (non-hydrogen) atoms. The number of hydrogen-bond donors (Lipinski definition) is 0. The second-order valence-corrected chi connectivity index (χ2v) is 8.89. The first kappa shape index (κ1) is 24.2.